The van der Waals surface area contributed by atoms with E-state index in [0.717, 1.165) is 22.0 Å². The zero-order chi connectivity index (χ0) is 15.5. The Morgan fingerprint density at radius 1 is 1.05 bits per heavy atom. The van der Waals surface area contributed by atoms with Crippen LogP contribution in [0.15, 0.2) is 72.0 Å². The Balaban J connectivity index is 2.03. The number of pyridine rings is 1. The number of nitrogens with one attached hydrogen (secondary N) is 2. The summed E-state index contributed by atoms with van der Waals surface area (Å²) < 4.78 is 0. The largest absolute Gasteiger partial charge is 0.323 e. The maximum Gasteiger partial charge on any atom is 0.248 e. The van der Waals surface area contributed by atoms with E-state index < -0.39 is 0 Å². The second-order valence-electron chi connectivity index (χ2n) is 4.90. The number of H-pyrrole nitrogens is 1. The smallest absolute Gasteiger partial charge is 0.248 e. The average molecular weight is 290 g/mol. The molecule has 4 heteroatoms. The summed E-state index contributed by atoms with van der Waals surface area (Å²) in [4.78, 5) is 25.6. The molecule has 0 unspecified atom stereocenters. The molecule has 0 fully saturated rings. The standard InChI is InChI=1S/C18H14N2O2/c1-2-17(21)19-15-5-3-4-13(10-15)14-7-6-12-8-9-18(22)20-16(12)11-14/h2-11H,1H2,(H,19,21)(H,20,22). The van der Waals surface area contributed by atoms with E-state index in [1.165, 1.54) is 12.1 Å². The first-order valence-electron chi connectivity index (χ1n) is 6.83. The van der Waals surface area contributed by atoms with E-state index in [1.807, 2.05) is 42.5 Å². The van der Waals surface area contributed by atoms with Gasteiger partial charge in [-0.05, 0) is 46.9 Å². The van der Waals surface area contributed by atoms with Gasteiger partial charge in [-0.1, -0.05) is 30.8 Å². The molecule has 108 valence electrons. The summed E-state index contributed by atoms with van der Waals surface area (Å²) in [6.45, 7) is 3.43. The fourth-order valence-corrected chi connectivity index (χ4v) is 2.30. The fraction of sp³-hybridized carbons (Fsp3) is 0. The second kappa shape index (κ2) is 5.69. The van der Waals surface area contributed by atoms with E-state index in [4.69, 9.17) is 0 Å². The van der Waals surface area contributed by atoms with Crippen molar-refractivity contribution in [2.24, 2.45) is 0 Å². The van der Waals surface area contributed by atoms with Crippen molar-refractivity contribution >= 4 is 22.5 Å². The van der Waals surface area contributed by atoms with E-state index in [1.54, 1.807) is 6.07 Å². The van der Waals surface area contributed by atoms with E-state index in [-0.39, 0.29) is 11.5 Å². The molecule has 3 rings (SSSR count). The predicted molar refractivity (Wildman–Crippen MR) is 88.8 cm³/mol. The van der Waals surface area contributed by atoms with Crippen LogP contribution >= 0.6 is 0 Å². The number of aromatic amines is 1. The number of carbonyl (C=O) groups excluding carboxylic acids is 1. The third-order valence-corrected chi connectivity index (χ3v) is 3.37. The molecular formula is C18H14N2O2. The lowest BCUT2D eigenvalue weighted by Gasteiger charge is -2.07. The Hall–Kier alpha value is -3.14. The molecule has 1 aromatic heterocycles. The second-order valence-corrected chi connectivity index (χ2v) is 4.90. The van der Waals surface area contributed by atoms with Gasteiger partial charge < -0.3 is 10.3 Å². The highest BCUT2D eigenvalue weighted by Crippen LogP contribution is 2.25. The highest BCUT2D eigenvalue weighted by molar-refractivity contribution is 5.99. The Morgan fingerprint density at radius 3 is 2.64 bits per heavy atom. The van der Waals surface area contributed by atoms with E-state index in [0.29, 0.717) is 5.69 Å². The third kappa shape index (κ3) is 2.81. The number of aromatic nitrogens is 1. The molecular weight excluding hydrogens is 276 g/mol. The van der Waals surface area contributed by atoms with Gasteiger partial charge in [-0.2, -0.15) is 0 Å². The highest BCUT2D eigenvalue weighted by atomic mass is 16.1. The number of hydrogen-bond acceptors (Lipinski definition) is 2. The van der Waals surface area contributed by atoms with Gasteiger partial charge in [0.1, 0.15) is 0 Å². The first-order valence-corrected chi connectivity index (χ1v) is 6.83. The van der Waals surface area contributed by atoms with Crippen LogP contribution in [0.2, 0.25) is 0 Å². The molecule has 1 amide bonds. The van der Waals surface area contributed by atoms with E-state index in [9.17, 15) is 9.59 Å². The van der Waals surface area contributed by atoms with Gasteiger partial charge in [0.15, 0.2) is 0 Å². The minimum atomic E-state index is -0.250. The van der Waals surface area contributed by atoms with Crippen molar-refractivity contribution in [3.05, 3.63) is 77.6 Å². The zero-order valence-electron chi connectivity index (χ0n) is 11.8. The minimum absolute atomic E-state index is 0.128. The molecule has 0 aliphatic heterocycles. The van der Waals surface area contributed by atoms with Crippen molar-refractivity contribution in [3.8, 4) is 11.1 Å². The first kappa shape index (κ1) is 13.8. The molecule has 0 saturated carbocycles. The Labute approximate surface area is 127 Å². The zero-order valence-corrected chi connectivity index (χ0v) is 11.8. The summed E-state index contributed by atoms with van der Waals surface area (Å²) in [6.07, 6.45) is 1.23. The fourth-order valence-electron chi connectivity index (χ4n) is 2.30. The van der Waals surface area contributed by atoms with Crippen LogP contribution in [0.1, 0.15) is 0 Å². The summed E-state index contributed by atoms with van der Waals surface area (Å²) in [6, 6.07) is 16.7. The molecule has 0 atom stereocenters. The number of carbonyl (C=O) groups is 1. The number of benzene rings is 2. The SMILES string of the molecule is C=CC(=O)Nc1cccc(-c2ccc3ccc(=O)[nH]c3c2)c1. The van der Waals surface area contributed by atoms with Crippen LogP contribution in [0, 0.1) is 0 Å². The van der Waals surface area contributed by atoms with Crippen LogP contribution in [0.3, 0.4) is 0 Å². The summed E-state index contributed by atoms with van der Waals surface area (Å²) in [5.74, 6) is -0.250. The predicted octanol–water partition coefficient (Wildman–Crippen LogP) is 3.32. The van der Waals surface area contributed by atoms with Crippen LogP contribution < -0.4 is 10.9 Å². The minimum Gasteiger partial charge on any atom is -0.323 e. The molecule has 0 aliphatic carbocycles. The quantitative estimate of drug-likeness (QED) is 0.727. The van der Waals surface area contributed by atoms with E-state index in [2.05, 4.69) is 16.9 Å². The summed E-state index contributed by atoms with van der Waals surface area (Å²) >= 11 is 0. The number of hydrogen-bond donors (Lipinski definition) is 2. The van der Waals surface area contributed by atoms with Gasteiger partial charge in [0.25, 0.3) is 0 Å². The summed E-state index contributed by atoms with van der Waals surface area (Å²) in [5.41, 5.74) is 3.27. The normalized spacial score (nSPS) is 10.4. The Morgan fingerprint density at radius 2 is 1.82 bits per heavy atom. The van der Waals surface area contributed by atoms with Crippen LogP contribution in [0.4, 0.5) is 5.69 Å². The van der Waals surface area contributed by atoms with Gasteiger partial charge in [-0.25, -0.2) is 0 Å². The Kier molecular flexibility index (Phi) is 3.58. The summed E-state index contributed by atoms with van der Waals surface area (Å²) in [5, 5.41) is 3.70. The number of fused-ring (bicyclic) bond motifs is 1. The molecule has 1 heterocycles. The van der Waals surface area contributed by atoms with Crippen LogP contribution in [0.25, 0.3) is 22.0 Å². The molecule has 2 N–H and O–H groups in total. The average Bonchev–Trinajstić information content (AvgIpc) is 2.54. The maximum atomic E-state index is 11.4. The molecule has 3 aromatic rings. The molecule has 2 aromatic carbocycles. The molecule has 0 spiro atoms. The Bertz CT molecular complexity index is 926. The lowest BCUT2D eigenvalue weighted by Crippen LogP contribution is -2.07. The topological polar surface area (TPSA) is 62.0 Å². The van der Waals surface area contributed by atoms with Crippen LogP contribution in [-0.4, -0.2) is 10.9 Å². The lowest BCUT2D eigenvalue weighted by atomic mass is 10.0. The van der Waals surface area contributed by atoms with E-state index >= 15 is 0 Å². The molecule has 22 heavy (non-hydrogen) atoms. The van der Waals surface area contributed by atoms with Gasteiger partial charge in [0.2, 0.25) is 11.5 Å². The van der Waals surface area contributed by atoms with Crippen LogP contribution in [-0.2, 0) is 4.79 Å². The molecule has 4 nitrogen and oxygen atoms in total. The molecule has 0 aliphatic rings. The van der Waals surface area contributed by atoms with Gasteiger partial charge in [-0.3, -0.25) is 9.59 Å². The first-order chi connectivity index (χ1) is 10.7. The number of anilines is 1. The maximum absolute atomic E-state index is 11.4. The van der Waals surface area contributed by atoms with Gasteiger partial charge in [0, 0.05) is 17.3 Å². The summed E-state index contributed by atoms with van der Waals surface area (Å²) in [7, 11) is 0. The van der Waals surface area contributed by atoms with Crippen molar-refractivity contribution in [3.63, 3.8) is 0 Å². The highest BCUT2D eigenvalue weighted by Gasteiger charge is 2.03. The van der Waals surface area contributed by atoms with Crippen molar-refractivity contribution in [1.29, 1.82) is 0 Å². The monoisotopic (exact) mass is 290 g/mol. The molecule has 0 bridgehead atoms. The van der Waals surface area contributed by atoms with Crippen molar-refractivity contribution in [1.82, 2.24) is 4.98 Å². The van der Waals surface area contributed by atoms with Crippen LogP contribution in [0.5, 0.6) is 0 Å². The van der Waals surface area contributed by atoms with Gasteiger partial charge >= 0.3 is 0 Å². The molecule has 0 radical (unpaired) electrons. The lowest BCUT2D eigenvalue weighted by molar-refractivity contribution is -0.111. The third-order valence-electron chi connectivity index (χ3n) is 3.37. The number of amides is 1. The van der Waals surface area contributed by atoms with Gasteiger partial charge in [-0.15, -0.1) is 0 Å². The molecule has 0 saturated heterocycles. The van der Waals surface area contributed by atoms with Crippen molar-refractivity contribution in [2.45, 2.75) is 0 Å². The van der Waals surface area contributed by atoms with Crippen molar-refractivity contribution < 1.29 is 4.79 Å². The number of rotatable bonds is 3. The van der Waals surface area contributed by atoms with Crippen molar-refractivity contribution in [2.75, 3.05) is 5.32 Å². The van der Waals surface area contributed by atoms with Gasteiger partial charge in [0.05, 0.1) is 0 Å².